The maximum Gasteiger partial charge on any atom is 0.407 e. The Morgan fingerprint density at radius 2 is 2.12 bits per heavy atom. The second-order valence-corrected chi connectivity index (χ2v) is 4.18. The Kier molecular flexibility index (Phi) is 4.96. The monoisotopic (exact) mass is 301 g/mol. The molecule has 1 aromatic carbocycles. The number of amides is 1. The summed E-state index contributed by atoms with van der Waals surface area (Å²) in [6.45, 7) is 0. The van der Waals surface area contributed by atoms with Gasteiger partial charge >= 0.3 is 12.1 Å². The summed E-state index contributed by atoms with van der Waals surface area (Å²) in [5.74, 6) is -1.11. The molecule has 92 valence electrons. The summed E-state index contributed by atoms with van der Waals surface area (Å²) >= 11 is 3.32. The Morgan fingerprint density at radius 1 is 1.47 bits per heavy atom. The predicted molar refractivity (Wildman–Crippen MR) is 64.8 cm³/mol. The van der Waals surface area contributed by atoms with Gasteiger partial charge in [-0.15, -0.1) is 0 Å². The van der Waals surface area contributed by atoms with Crippen molar-refractivity contribution in [2.75, 3.05) is 7.11 Å². The fraction of sp³-hybridized carbons (Fsp3) is 0.273. The van der Waals surface area contributed by atoms with Crippen molar-refractivity contribution in [2.45, 2.75) is 12.5 Å². The Balaban J connectivity index is 2.77. The molecule has 0 heterocycles. The minimum Gasteiger partial charge on any atom is -0.480 e. The third-order valence-corrected chi connectivity index (χ3v) is 2.93. The molecule has 0 aromatic heterocycles. The second-order valence-electron chi connectivity index (χ2n) is 3.32. The van der Waals surface area contributed by atoms with Crippen LogP contribution in [0, 0.1) is 0 Å². The Morgan fingerprint density at radius 3 is 2.65 bits per heavy atom. The zero-order valence-electron chi connectivity index (χ0n) is 9.14. The maximum absolute atomic E-state index is 11.0. The highest BCUT2D eigenvalue weighted by molar-refractivity contribution is 9.10. The molecule has 0 aliphatic carbocycles. The van der Waals surface area contributed by atoms with Gasteiger partial charge in [-0.2, -0.15) is 0 Å². The number of aliphatic carboxylic acids is 1. The first-order valence-corrected chi connectivity index (χ1v) is 5.64. The van der Waals surface area contributed by atoms with Crippen molar-refractivity contribution >= 4 is 28.0 Å². The van der Waals surface area contributed by atoms with E-state index in [1.807, 2.05) is 12.1 Å². The molecule has 0 fully saturated rings. The van der Waals surface area contributed by atoms with Gasteiger partial charge in [0.05, 0.1) is 7.11 Å². The molecule has 1 unspecified atom stereocenters. The molecule has 0 saturated carbocycles. The van der Waals surface area contributed by atoms with Crippen LogP contribution in [0.2, 0.25) is 0 Å². The quantitative estimate of drug-likeness (QED) is 0.889. The van der Waals surface area contributed by atoms with E-state index in [9.17, 15) is 9.59 Å². The van der Waals surface area contributed by atoms with Crippen LogP contribution in [0.15, 0.2) is 28.7 Å². The van der Waals surface area contributed by atoms with Gasteiger partial charge in [0.15, 0.2) is 0 Å². The lowest BCUT2D eigenvalue weighted by Gasteiger charge is -2.14. The average Bonchev–Trinajstić information content (AvgIpc) is 2.30. The Bertz CT molecular complexity index is 422. The Hall–Kier alpha value is -1.56. The van der Waals surface area contributed by atoms with Gasteiger partial charge in [-0.25, -0.2) is 9.59 Å². The number of methoxy groups -OCH3 is 1. The molecule has 1 atom stereocenters. The van der Waals surface area contributed by atoms with Crippen LogP contribution in [0.5, 0.6) is 0 Å². The fourth-order valence-corrected chi connectivity index (χ4v) is 1.73. The molecular formula is C11H12BrNO4. The first kappa shape index (κ1) is 13.5. The lowest BCUT2D eigenvalue weighted by molar-refractivity contribution is -0.139. The smallest absolute Gasteiger partial charge is 0.407 e. The summed E-state index contributed by atoms with van der Waals surface area (Å²) in [7, 11) is 1.19. The van der Waals surface area contributed by atoms with Crippen molar-refractivity contribution in [3.8, 4) is 0 Å². The highest BCUT2D eigenvalue weighted by Gasteiger charge is 2.21. The minimum atomic E-state index is -1.11. The van der Waals surface area contributed by atoms with Crippen molar-refractivity contribution in [3.05, 3.63) is 34.3 Å². The number of ether oxygens (including phenoxy) is 1. The number of hydrogen-bond donors (Lipinski definition) is 2. The fourth-order valence-electron chi connectivity index (χ4n) is 1.29. The molecule has 2 N–H and O–H groups in total. The molecule has 0 aliphatic rings. The van der Waals surface area contributed by atoms with Gasteiger partial charge < -0.3 is 15.2 Å². The molecule has 0 spiro atoms. The van der Waals surface area contributed by atoms with E-state index >= 15 is 0 Å². The van der Waals surface area contributed by atoms with E-state index in [0.29, 0.717) is 0 Å². The number of hydrogen-bond acceptors (Lipinski definition) is 3. The number of nitrogens with one attached hydrogen (secondary N) is 1. The molecule has 17 heavy (non-hydrogen) atoms. The molecule has 1 amide bonds. The lowest BCUT2D eigenvalue weighted by Crippen LogP contribution is -2.42. The van der Waals surface area contributed by atoms with E-state index in [4.69, 9.17) is 5.11 Å². The third-order valence-electron chi connectivity index (χ3n) is 2.16. The number of carboxylic acid groups (broad SMARTS) is 1. The lowest BCUT2D eigenvalue weighted by atomic mass is 10.1. The zero-order chi connectivity index (χ0) is 12.8. The summed E-state index contributed by atoms with van der Waals surface area (Å²) in [4.78, 5) is 22.0. The van der Waals surface area contributed by atoms with Crippen LogP contribution >= 0.6 is 15.9 Å². The molecular weight excluding hydrogens is 290 g/mol. The van der Waals surface area contributed by atoms with Crippen LogP contribution in [0.4, 0.5) is 4.79 Å². The van der Waals surface area contributed by atoms with Crippen LogP contribution in [-0.2, 0) is 16.0 Å². The van der Waals surface area contributed by atoms with E-state index in [-0.39, 0.29) is 6.42 Å². The van der Waals surface area contributed by atoms with Gasteiger partial charge in [0, 0.05) is 10.9 Å². The standard InChI is InChI=1S/C11H12BrNO4/c1-17-11(16)13-9(10(14)15)6-7-4-2-3-5-8(7)12/h2-5,9H,6H2,1H3,(H,13,16)(H,14,15). The predicted octanol–water partition coefficient (Wildman–Crippen LogP) is 1.80. The van der Waals surface area contributed by atoms with Crippen molar-refractivity contribution in [1.29, 1.82) is 0 Å². The van der Waals surface area contributed by atoms with Crippen LogP contribution < -0.4 is 5.32 Å². The summed E-state index contributed by atoms with van der Waals surface area (Å²) in [5, 5.41) is 11.2. The first-order chi connectivity index (χ1) is 8.04. The van der Waals surface area contributed by atoms with E-state index in [1.165, 1.54) is 7.11 Å². The third kappa shape index (κ3) is 4.07. The molecule has 0 aliphatic heterocycles. The number of carbonyl (C=O) groups is 2. The molecule has 6 heteroatoms. The number of alkyl carbamates (subject to hydrolysis) is 1. The molecule has 0 radical (unpaired) electrons. The van der Waals surface area contributed by atoms with Crippen LogP contribution in [-0.4, -0.2) is 30.3 Å². The van der Waals surface area contributed by atoms with Gasteiger partial charge in [-0.3, -0.25) is 0 Å². The van der Waals surface area contributed by atoms with Crippen LogP contribution in [0.25, 0.3) is 0 Å². The highest BCUT2D eigenvalue weighted by Crippen LogP contribution is 2.17. The van der Waals surface area contributed by atoms with E-state index in [2.05, 4.69) is 26.0 Å². The molecule has 0 bridgehead atoms. The van der Waals surface area contributed by atoms with Gasteiger partial charge in [0.25, 0.3) is 0 Å². The molecule has 5 nitrogen and oxygen atoms in total. The maximum atomic E-state index is 11.0. The summed E-state index contributed by atoms with van der Waals surface area (Å²) in [6.07, 6.45) is -0.573. The molecule has 1 aromatic rings. The van der Waals surface area contributed by atoms with Crippen molar-refractivity contribution in [1.82, 2.24) is 5.32 Å². The summed E-state index contributed by atoms with van der Waals surface area (Å²) in [5.41, 5.74) is 0.802. The van der Waals surface area contributed by atoms with Gasteiger partial charge in [-0.1, -0.05) is 34.1 Å². The average molecular weight is 302 g/mol. The number of carbonyl (C=O) groups excluding carboxylic acids is 1. The normalized spacial score (nSPS) is 11.6. The van der Waals surface area contributed by atoms with Gasteiger partial charge in [0.1, 0.15) is 6.04 Å². The second kappa shape index (κ2) is 6.24. The van der Waals surface area contributed by atoms with Crippen molar-refractivity contribution in [2.24, 2.45) is 0 Å². The van der Waals surface area contributed by atoms with E-state index < -0.39 is 18.1 Å². The number of carboxylic acids is 1. The summed E-state index contributed by atoms with van der Waals surface area (Å²) in [6, 6.07) is 6.22. The number of halogens is 1. The molecule has 0 saturated heterocycles. The molecule has 1 rings (SSSR count). The van der Waals surface area contributed by atoms with Crippen molar-refractivity contribution in [3.63, 3.8) is 0 Å². The largest absolute Gasteiger partial charge is 0.480 e. The van der Waals surface area contributed by atoms with Crippen LogP contribution in [0.1, 0.15) is 5.56 Å². The SMILES string of the molecule is COC(=O)NC(Cc1ccccc1Br)C(=O)O. The summed E-state index contributed by atoms with van der Waals surface area (Å²) < 4.78 is 5.18. The van der Waals surface area contributed by atoms with Crippen molar-refractivity contribution < 1.29 is 19.4 Å². The zero-order valence-corrected chi connectivity index (χ0v) is 10.7. The van der Waals surface area contributed by atoms with E-state index in [1.54, 1.807) is 12.1 Å². The van der Waals surface area contributed by atoms with Crippen LogP contribution in [0.3, 0.4) is 0 Å². The Labute approximate surface area is 107 Å². The first-order valence-electron chi connectivity index (χ1n) is 4.85. The topological polar surface area (TPSA) is 75.6 Å². The van der Waals surface area contributed by atoms with Gasteiger partial charge in [-0.05, 0) is 11.6 Å². The minimum absolute atomic E-state index is 0.186. The van der Waals surface area contributed by atoms with Gasteiger partial charge in [0.2, 0.25) is 0 Å². The number of benzene rings is 1. The van der Waals surface area contributed by atoms with E-state index in [0.717, 1.165) is 10.0 Å². The number of rotatable bonds is 4. The highest BCUT2D eigenvalue weighted by atomic mass is 79.9.